The van der Waals surface area contributed by atoms with Crippen molar-refractivity contribution in [1.29, 1.82) is 0 Å². The maximum Gasteiger partial charge on any atom is 0.224 e. The normalized spacial score (nSPS) is 11.4. The lowest BCUT2D eigenvalue weighted by atomic mass is 9.87. The molecule has 0 aliphatic rings. The van der Waals surface area contributed by atoms with E-state index < -0.39 is 0 Å². The quantitative estimate of drug-likeness (QED) is 0.530. The number of aromatic amines is 1. The van der Waals surface area contributed by atoms with Gasteiger partial charge >= 0.3 is 0 Å². The van der Waals surface area contributed by atoms with Gasteiger partial charge in [0.15, 0.2) is 10.6 Å². The van der Waals surface area contributed by atoms with E-state index in [0.29, 0.717) is 30.1 Å². The number of hydrogen-bond donors (Lipinski definition) is 1. The zero-order valence-electron chi connectivity index (χ0n) is 18.8. The number of aromatic nitrogens is 3. The molecule has 1 amide bonds. The highest BCUT2D eigenvalue weighted by Gasteiger charge is 2.15. The highest BCUT2D eigenvalue weighted by molar-refractivity contribution is 7.71. The van der Waals surface area contributed by atoms with E-state index >= 15 is 0 Å². The second-order valence-corrected chi connectivity index (χ2v) is 9.07. The molecule has 0 aliphatic heterocycles. The van der Waals surface area contributed by atoms with Crippen LogP contribution >= 0.6 is 12.2 Å². The first kappa shape index (κ1) is 22.7. The van der Waals surface area contributed by atoms with Crippen LogP contribution in [0.1, 0.15) is 38.3 Å². The average molecular weight is 439 g/mol. The van der Waals surface area contributed by atoms with Crippen LogP contribution in [0.4, 0.5) is 0 Å². The minimum atomic E-state index is 0.0590. The Bertz CT molecular complexity index is 1080. The number of amides is 1. The number of nitrogens with one attached hydrogen (secondary N) is 1. The third-order valence-corrected chi connectivity index (χ3v) is 5.63. The number of rotatable bonds is 7. The molecule has 0 aliphatic carbocycles. The minimum absolute atomic E-state index is 0.0590. The van der Waals surface area contributed by atoms with Gasteiger partial charge in [-0.3, -0.25) is 14.5 Å². The van der Waals surface area contributed by atoms with Crippen LogP contribution in [-0.2, 0) is 23.3 Å². The summed E-state index contributed by atoms with van der Waals surface area (Å²) in [4.78, 5) is 14.5. The monoisotopic (exact) mass is 438 g/mol. The maximum atomic E-state index is 12.7. The van der Waals surface area contributed by atoms with Gasteiger partial charge in [0.1, 0.15) is 5.75 Å². The van der Waals surface area contributed by atoms with Crippen molar-refractivity contribution < 1.29 is 9.53 Å². The molecule has 0 fully saturated rings. The van der Waals surface area contributed by atoms with Crippen molar-refractivity contribution in [2.24, 2.45) is 0 Å². The van der Waals surface area contributed by atoms with Crippen LogP contribution in [0.3, 0.4) is 0 Å². The molecular formula is C24H30N4O2S. The first-order chi connectivity index (χ1) is 14.7. The maximum absolute atomic E-state index is 12.7. The van der Waals surface area contributed by atoms with Gasteiger partial charge in [-0.15, -0.1) is 0 Å². The van der Waals surface area contributed by atoms with Crippen LogP contribution in [-0.4, -0.2) is 39.7 Å². The van der Waals surface area contributed by atoms with E-state index in [-0.39, 0.29) is 11.3 Å². The Hall–Kier alpha value is -2.93. The number of carbonyl (C=O) groups excluding carboxylic acids is 1. The number of ether oxygens (including phenoxy) is 1. The number of nitrogens with zero attached hydrogens (tertiary/aromatic N) is 3. The van der Waals surface area contributed by atoms with Gasteiger partial charge in [-0.25, -0.2) is 0 Å². The van der Waals surface area contributed by atoms with E-state index in [0.717, 1.165) is 16.9 Å². The van der Waals surface area contributed by atoms with Crippen LogP contribution in [0.2, 0.25) is 0 Å². The zero-order valence-corrected chi connectivity index (χ0v) is 19.6. The minimum Gasteiger partial charge on any atom is -0.497 e. The lowest BCUT2D eigenvalue weighted by Gasteiger charge is -2.21. The number of methoxy groups -OCH3 is 1. The van der Waals surface area contributed by atoms with Gasteiger partial charge in [-0.05, 0) is 53.0 Å². The lowest BCUT2D eigenvalue weighted by Crippen LogP contribution is -2.27. The second-order valence-electron chi connectivity index (χ2n) is 8.68. The third kappa shape index (κ3) is 5.61. The van der Waals surface area contributed by atoms with E-state index in [1.807, 2.05) is 35.9 Å². The summed E-state index contributed by atoms with van der Waals surface area (Å²) in [5.41, 5.74) is 3.42. The highest BCUT2D eigenvalue weighted by Crippen LogP contribution is 2.23. The van der Waals surface area contributed by atoms with E-state index in [4.69, 9.17) is 17.0 Å². The molecule has 3 rings (SSSR count). The molecule has 164 valence electrons. The Morgan fingerprint density at radius 1 is 1.13 bits per heavy atom. The largest absolute Gasteiger partial charge is 0.497 e. The van der Waals surface area contributed by atoms with Gasteiger partial charge < -0.3 is 9.64 Å². The number of benzene rings is 2. The third-order valence-electron chi connectivity index (χ3n) is 5.32. The Labute approximate surface area is 188 Å². The molecule has 1 N–H and O–H groups in total. The molecule has 0 bridgehead atoms. The molecule has 1 heterocycles. The van der Waals surface area contributed by atoms with Gasteiger partial charge in [0.25, 0.3) is 0 Å². The van der Waals surface area contributed by atoms with Crippen LogP contribution in [0, 0.1) is 4.77 Å². The summed E-state index contributed by atoms with van der Waals surface area (Å²) in [6.45, 7) is 7.62. The Balaban J connectivity index is 1.64. The molecule has 0 spiro atoms. The van der Waals surface area contributed by atoms with Crippen molar-refractivity contribution in [3.05, 3.63) is 64.4 Å². The molecule has 3 aromatic rings. The Morgan fingerprint density at radius 2 is 1.77 bits per heavy atom. The van der Waals surface area contributed by atoms with Gasteiger partial charge in [0.2, 0.25) is 5.91 Å². The molecule has 6 nitrogen and oxygen atoms in total. The predicted octanol–water partition coefficient (Wildman–Crippen LogP) is 4.96. The van der Waals surface area contributed by atoms with Crippen LogP contribution in [0.5, 0.6) is 5.75 Å². The second kappa shape index (κ2) is 9.47. The standard InChI is InChI=1S/C24H30N4O2S/c1-24(2,3)19-10-6-17(7-11-19)16-27(4)21(29)14-15-28-22(25-26-23(28)31)18-8-12-20(30-5)13-9-18/h6-13H,14-16H2,1-5H3,(H,26,31). The van der Waals surface area contributed by atoms with E-state index in [2.05, 4.69) is 55.2 Å². The van der Waals surface area contributed by atoms with Gasteiger partial charge in [0.05, 0.1) is 7.11 Å². The van der Waals surface area contributed by atoms with Crippen molar-refractivity contribution in [3.8, 4) is 17.1 Å². The van der Waals surface area contributed by atoms with Gasteiger partial charge in [-0.2, -0.15) is 5.10 Å². The lowest BCUT2D eigenvalue weighted by molar-refractivity contribution is -0.130. The molecule has 0 unspecified atom stereocenters. The first-order valence-corrected chi connectivity index (χ1v) is 10.7. The van der Waals surface area contributed by atoms with Crippen LogP contribution in [0.25, 0.3) is 11.4 Å². The fourth-order valence-corrected chi connectivity index (χ4v) is 3.58. The van der Waals surface area contributed by atoms with E-state index in [9.17, 15) is 4.79 Å². The van der Waals surface area contributed by atoms with Crippen molar-refractivity contribution >= 4 is 18.1 Å². The molecule has 31 heavy (non-hydrogen) atoms. The van der Waals surface area contributed by atoms with Gasteiger partial charge in [0, 0.05) is 32.1 Å². The van der Waals surface area contributed by atoms with Crippen molar-refractivity contribution in [1.82, 2.24) is 19.7 Å². The molecular weight excluding hydrogens is 408 g/mol. The number of H-pyrrole nitrogens is 1. The zero-order chi connectivity index (χ0) is 22.6. The fourth-order valence-electron chi connectivity index (χ4n) is 3.36. The first-order valence-electron chi connectivity index (χ1n) is 10.3. The highest BCUT2D eigenvalue weighted by atomic mass is 32.1. The summed E-state index contributed by atoms with van der Waals surface area (Å²) in [6, 6.07) is 16.1. The molecule has 0 saturated heterocycles. The smallest absolute Gasteiger partial charge is 0.224 e. The summed E-state index contributed by atoms with van der Waals surface area (Å²) in [7, 11) is 3.46. The summed E-state index contributed by atoms with van der Waals surface area (Å²) < 4.78 is 7.57. The summed E-state index contributed by atoms with van der Waals surface area (Å²) in [5.74, 6) is 1.54. The van der Waals surface area contributed by atoms with Crippen LogP contribution < -0.4 is 4.74 Å². The Kier molecular flexibility index (Phi) is 6.95. The van der Waals surface area contributed by atoms with Crippen molar-refractivity contribution in [2.75, 3.05) is 14.2 Å². The molecule has 1 aromatic heterocycles. The molecule has 0 atom stereocenters. The van der Waals surface area contributed by atoms with Crippen molar-refractivity contribution in [2.45, 2.75) is 45.7 Å². The van der Waals surface area contributed by atoms with Crippen LogP contribution in [0.15, 0.2) is 48.5 Å². The number of hydrogen-bond acceptors (Lipinski definition) is 4. The average Bonchev–Trinajstić information content (AvgIpc) is 3.12. The Morgan fingerprint density at radius 3 is 2.35 bits per heavy atom. The molecule has 0 radical (unpaired) electrons. The molecule has 7 heteroatoms. The van der Waals surface area contributed by atoms with Crippen molar-refractivity contribution in [3.63, 3.8) is 0 Å². The predicted molar refractivity (Wildman–Crippen MR) is 126 cm³/mol. The SMILES string of the molecule is COc1ccc(-c2n[nH]c(=S)n2CCC(=O)N(C)Cc2ccc(C(C)(C)C)cc2)cc1. The molecule has 2 aromatic carbocycles. The summed E-state index contributed by atoms with van der Waals surface area (Å²) in [6.07, 6.45) is 0.341. The van der Waals surface area contributed by atoms with E-state index in [1.165, 1.54) is 5.56 Å². The van der Waals surface area contributed by atoms with Gasteiger partial charge in [-0.1, -0.05) is 45.0 Å². The van der Waals surface area contributed by atoms with E-state index in [1.54, 1.807) is 12.0 Å². The summed E-state index contributed by atoms with van der Waals surface area (Å²) >= 11 is 5.38. The topological polar surface area (TPSA) is 63.1 Å². The number of carbonyl (C=O) groups is 1. The fraction of sp³-hybridized carbons (Fsp3) is 0.375. The molecule has 0 saturated carbocycles. The summed E-state index contributed by atoms with van der Waals surface area (Å²) in [5, 5.41) is 7.17.